The van der Waals surface area contributed by atoms with Crippen LogP contribution in [0.1, 0.15) is 56.0 Å². The highest BCUT2D eigenvalue weighted by molar-refractivity contribution is 5.97. The van der Waals surface area contributed by atoms with E-state index in [1.165, 1.54) is 9.08 Å². The molecular formula is C18H23N5O4. The standard InChI is InChI=1S/C18H23N5O4/c1-18(2,3)8-22-15-10-6-7-11(24)20-13(10)21-23(15)17(27)12(16(22)26)14(25)19-9-4-5-9/h9,27H,4-8H2,1-3H3,(H,19,25)(H,20,21,24). The molecule has 27 heavy (non-hydrogen) atoms. The fourth-order valence-corrected chi connectivity index (χ4v) is 3.37. The van der Waals surface area contributed by atoms with Crippen molar-refractivity contribution in [2.24, 2.45) is 5.41 Å². The summed E-state index contributed by atoms with van der Waals surface area (Å²) in [7, 11) is 0. The molecule has 2 aromatic heterocycles. The summed E-state index contributed by atoms with van der Waals surface area (Å²) < 4.78 is 2.69. The molecule has 1 aliphatic heterocycles. The molecule has 9 nitrogen and oxygen atoms in total. The summed E-state index contributed by atoms with van der Waals surface area (Å²) in [5.74, 6) is -0.936. The van der Waals surface area contributed by atoms with Crippen molar-refractivity contribution in [3.63, 3.8) is 0 Å². The Balaban J connectivity index is 1.98. The highest BCUT2D eigenvalue weighted by Crippen LogP contribution is 2.30. The molecule has 1 saturated carbocycles. The van der Waals surface area contributed by atoms with Gasteiger partial charge in [0.15, 0.2) is 11.4 Å². The number of aryl methyl sites for hydroxylation is 1. The summed E-state index contributed by atoms with van der Waals surface area (Å²) in [5, 5.41) is 20.4. The van der Waals surface area contributed by atoms with Gasteiger partial charge in [-0.15, -0.1) is 5.10 Å². The Morgan fingerprint density at radius 2 is 2.00 bits per heavy atom. The van der Waals surface area contributed by atoms with Crippen molar-refractivity contribution in [3.8, 4) is 5.88 Å². The van der Waals surface area contributed by atoms with Crippen LogP contribution in [0.25, 0.3) is 5.65 Å². The first-order valence-electron chi connectivity index (χ1n) is 9.14. The number of amides is 2. The number of fused-ring (bicyclic) bond motifs is 3. The molecule has 0 saturated heterocycles. The predicted octanol–water partition coefficient (Wildman–Crippen LogP) is 1.02. The Labute approximate surface area is 155 Å². The average Bonchev–Trinajstić information content (AvgIpc) is 3.28. The van der Waals surface area contributed by atoms with Crippen molar-refractivity contribution >= 4 is 23.3 Å². The van der Waals surface area contributed by atoms with Crippen molar-refractivity contribution in [1.82, 2.24) is 19.5 Å². The molecule has 2 aliphatic rings. The molecule has 1 fully saturated rings. The zero-order valence-corrected chi connectivity index (χ0v) is 15.6. The number of carbonyl (C=O) groups excluding carboxylic acids is 2. The van der Waals surface area contributed by atoms with E-state index in [4.69, 9.17) is 0 Å². The number of aromatic nitrogens is 3. The van der Waals surface area contributed by atoms with Gasteiger partial charge < -0.3 is 15.7 Å². The third-order valence-electron chi connectivity index (χ3n) is 4.73. The van der Waals surface area contributed by atoms with Gasteiger partial charge in [-0.25, -0.2) is 0 Å². The van der Waals surface area contributed by atoms with Gasteiger partial charge in [-0.1, -0.05) is 20.8 Å². The second-order valence-electron chi connectivity index (χ2n) is 8.51. The van der Waals surface area contributed by atoms with Gasteiger partial charge in [-0.05, 0) is 24.7 Å². The lowest BCUT2D eigenvalue weighted by atomic mass is 9.96. The van der Waals surface area contributed by atoms with Crippen LogP contribution >= 0.6 is 0 Å². The molecule has 3 N–H and O–H groups in total. The Morgan fingerprint density at radius 3 is 2.63 bits per heavy atom. The molecule has 0 bridgehead atoms. The first-order valence-corrected chi connectivity index (χ1v) is 9.14. The van der Waals surface area contributed by atoms with Crippen LogP contribution in [0.4, 0.5) is 5.82 Å². The average molecular weight is 373 g/mol. The smallest absolute Gasteiger partial charge is 0.270 e. The number of rotatable bonds is 3. The third kappa shape index (κ3) is 3.07. The maximum atomic E-state index is 13.2. The number of nitrogens with zero attached hydrogens (tertiary/aromatic N) is 3. The molecule has 9 heteroatoms. The quantitative estimate of drug-likeness (QED) is 0.743. The highest BCUT2D eigenvalue weighted by atomic mass is 16.3. The van der Waals surface area contributed by atoms with Crippen LogP contribution in [-0.2, 0) is 17.8 Å². The normalized spacial score (nSPS) is 16.9. The molecule has 144 valence electrons. The van der Waals surface area contributed by atoms with E-state index >= 15 is 0 Å². The molecule has 4 rings (SSSR count). The first-order chi connectivity index (χ1) is 12.7. The largest absolute Gasteiger partial charge is 0.492 e. The van der Waals surface area contributed by atoms with Crippen LogP contribution in [0.3, 0.4) is 0 Å². The van der Waals surface area contributed by atoms with E-state index in [1.807, 2.05) is 20.8 Å². The molecule has 3 heterocycles. The van der Waals surface area contributed by atoms with Gasteiger partial charge >= 0.3 is 0 Å². The van der Waals surface area contributed by atoms with Crippen LogP contribution in [0, 0.1) is 5.41 Å². The number of hydrogen-bond acceptors (Lipinski definition) is 5. The van der Waals surface area contributed by atoms with Crippen LogP contribution in [-0.4, -0.2) is 37.1 Å². The zero-order valence-electron chi connectivity index (χ0n) is 15.6. The molecular weight excluding hydrogens is 350 g/mol. The van der Waals surface area contributed by atoms with Crippen molar-refractivity contribution in [2.45, 2.75) is 59.0 Å². The minimum Gasteiger partial charge on any atom is -0.492 e. The number of nitrogens with one attached hydrogen (secondary N) is 2. The summed E-state index contributed by atoms with van der Waals surface area (Å²) in [6.07, 6.45) is 2.43. The molecule has 2 amide bonds. The van der Waals surface area contributed by atoms with Crippen LogP contribution in [0.2, 0.25) is 0 Å². The van der Waals surface area contributed by atoms with Crippen LogP contribution in [0.15, 0.2) is 4.79 Å². The van der Waals surface area contributed by atoms with Gasteiger partial charge in [0.2, 0.25) is 11.8 Å². The van der Waals surface area contributed by atoms with Gasteiger partial charge in [0.05, 0.1) is 0 Å². The third-order valence-corrected chi connectivity index (χ3v) is 4.73. The maximum Gasteiger partial charge on any atom is 0.270 e. The second-order valence-corrected chi connectivity index (χ2v) is 8.51. The van der Waals surface area contributed by atoms with E-state index in [-0.39, 0.29) is 29.3 Å². The lowest BCUT2D eigenvalue weighted by Crippen LogP contribution is -2.37. The summed E-state index contributed by atoms with van der Waals surface area (Å²) in [5.41, 5.74) is 0.00364. The van der Waals surface area contributed by atoms with Gasteiger partial charge in [0.25, 0.3) is 11.5 Å². The summed E-state index contributed by atoms with van der Waals surface area (Å²) in [6, 6.07) is 0.0492. The number of aromatic hydroxyl groups is 1. The predicted molar refractivity (Wildman–Crippen MR) is 98.0 cm³/mol. The van der Waals surface area contributed by atoms with Crippen molar-refractivity contribution < 1.29 is 14.7 Å². The number of anilines is 1. The zero-order chi connectivity index (χ0) is 19.5. The summed E-state index contributed by atoms with van der Waals surface area (Å²) in [6.45, 7) is 6.29. The van der Waals surface area contributed by atoms with Gasteiger partial charge in [-0.3, -0.25) is 19.0 Å². The van der Waals surface area contributed by atoms with Crippen molar-refractivity contribution in [1.29, 1.82) is 0 Å². The molecule has 0 atom stereocenters. The molecule has 0 spiro atoms. The lowest BCUT2D eigenvalue weighted by molar-refractivity contribution is -0.116. The minimum atomic E-state index is -0.595. The van der Waals surface area contributed by atoms with Gasteiger partial charge in [-0.2, -0.15) is 4.52 Å². The SMILES string of the molecule is CC(C)(C)Cn1c(=O)c(C(=O)NC2CC2)c(O)n2nc3c(c12)CCC(=O)N3. The molecule has 0 unspecified atom stereocenters. The Bertz CT molecular complexity index is 1020. The van der Waals surface area contributed by atoms with Crippen LogP contribution < -0.4 is 16.2 Å². The highest BCUT2D eigenvalue weighted by Gasteiger charge is 2.32. The minimum absolute atomic E-state index is 0.0492. The van der Waals surface area contributed by atoms with Gasteiger partial charge in [0.1, 0.15) is 5.65 Å². The van der Waals surface area contributed by atoms with E-state index in [0.717, 1.165) is 12.8 Å². The summed E-state index contributed by atoms with van der Waals surface area (Å²) >= 11 is 0. The van der Waals surface area contributed by atoms with Crippen molar-refractivity contribution in [2.75, 3.05) is 5.32 Å². The van der Waals surface area contributed by atoms with E-state index in [1.54, 1.807) is 0 Å². The molecule has 1 aliphatic carbocycles. The monoisotopic (exact) mass is 373 g/mol. The fraction of sp³-hybridized carbons (Fsp3) is 0.556. The Hall–Kier alpha value is -2.84. The van der Waals surface area contributed by atoms with E-state index in [2.05, 4.69) is 15.7 Å². The fourth-order valence-electron chi connectivity index (χ4n) is 3.37. The topological polar surface area (TPSA) is 118 Å². The number of hydrogen-bond donors (Lipinski definition) is 3. The maximum absolute atomic E-state index is 13.2. The van der Waals surface area contributed by atoms with E-state index in [0.29, 0.717) is 30.0 Å². The second kappa shape index (κ2) is 5.83. The van der Waals surface area contributed by atoms with Crippen molar-refractivity contribution in [3.05, 3.63) is 21.5 Å². The molecule has 0 radical (unpaired) electrons. The lowest BCUT2D eigenvalue weighted by Gasteiger charge is -2.22. The first kappa shape index (κ1) is 17.6. The Kier molecular flexibility index (Phi) is 3.79. The van der Waals surface area contributed by atoms with Crippen LogP contribution in [0.5, 0.6) is 5.88 Å². The van der Waals surface area contributed by atoms with E-state index < -0.39 is 17.3 Å². The summed E-state index contributed by atoms with van der Waals surface area (Å²) in [4.78, 5) is 37.5. The molecule has 2 aromatic rings. The van der Waals surface area contributed by atoms with E-state index in [9.17, 15) is 19.5 Å². The number of carbonyl (C=O) groups is 2. The Morgan fingerprint density at radius 1 is 1.30 bits per heavy atom. The molecule has 0 aromatic carbocycles. The van der Waals surface area contributed by atoms with Gasteiger partial charge in [0, 0.05) is 24.6 Å².